The van der Waals surface area contributed by atoms with Crippen LogP contribution in [0.15, 0.2) is 30.3 Å². The first-order chi connectivity index (χ1) is 11.4. The van der Waals surface area contributed by atoms with Crippen molar-refractivity contribution >= 4 is 23.0 Å². The third kappa shape index (κ3) is 3.21. The summed E-state index contributed by atoms with van der Waals surface area (Å²) in [6.45, 7) is 0. The molecule has 0 aromatic heterocycles. The van der Waals surface area contributed by atoms with E-state index >= 15 is 0 Å². The summed E-state index contributed by atoms with van der Waals surface area (Å²) >= 11 is 5.88. The molecule has 118 valence electrons. The Balaban J connectivity index is 2.60. The maximum absolute atomic E-state index is 11.1. The quantitative estimate of drug-likeness (QED) is 0.607. The highest BCUT2D eigenvalue weighted by molar-refractivity contribution is 6.32. The van der Waals surface area contributed by atoms with Gasteiger partial charge in [0.1, 0.15) is 12.1 Å². The highest BCUT2D eigenvalue weighted by atomic mass is 35.5. The molecule has 10 heteroatoms. The molecular weight excluding hydrogens is 340 g/mol. The van der Waals surface area contributed by atoms with Gasteiger partial charge < -0.3 is 4.74 Å². The first-order valence-electron chi connectivity index (χ1n) is 6.11. The van der Waals surface area contributed by atoms with E-state index < -0.39 is 15.5 Å². The molecule has 0 bridgehead atoms. The van der Waals surface area contributed by atoms with Crippen molar-refractivity contribution in [2.45, 2.75) is 0 Å². The van der Waals surface area contributed by atoms with Crippen LogP contribution in [0.3, 0.4) is 0 Å². The average molecular weight is 345 g/mol. The Morgan fingerprint density at radius 3 is 2.12 bits per heavy atom. The predicted octanol–water partition coefficient (Wildman–Crippen LogP) is 3.69. The smallest absolute Gasteiger partial charge is 0.312 e. The monoisotopic (exact) mass is 344 g/mol. The van der Waals surface area contributed by atoms with Crippen LogP contribution in [0.1, 0.15) is 11.1 Å². The topological polar surface area (TPSA) is 143 Å². The maximum atomic E-state index is 11.1. The van der Waals surface area contributed by atoms with Gasteiger partial charge in [-0.3, -0.25) is 20.2 Å². The van der Waals surface area contributed by atoms with Gasteiger partial charge in [0.15, 0.2) is 5.75 Å². The summed E-state index contributed by atoms with van der Waals surface area (Å²) in [5, 5.41) is 39.8. The Morgan fingerprint density at radius 2 is 1.58 bits per heavy atom. The van der Waals surface area contributed by atoms with Gasteiger partial charge in [0.05, 0.1) is 32.1 Å². The maximum Gasteiger partial charge on any atom is 0.312 e. The van der Waals surface area contributed by atoms with E-state index in [0.29, 0.717) is 0 Å². The summed E-state index contributed by atoms with van der Waals surface area (Å²) in [6, 6.07) is 8.62. The summed E-state index contributed by atoms with van der Waals surface area (Å²) in [4.78, 5) is 20.4. The van der Waals surface area contributed by atoms with Gasteiger partial charge in [0.25, 0.3) is 5.69 Å². The van der Waals surface area contributed by atoms with Crippen LogP contribution >= 0.6 is 11.6 Å². The highest BCUT2D eigenvalue weighted by Crippen LogP contribution is 2.38. The van der Waals surface area contributed by atoms with E-state index in [1.807, 2.05) is 0 Å². The van der Waals surface area contributed by atoms with Gasteiger partial charge in [0, 0.05) is 18.2 Å². The molecule has 24 heavy (non-hydrogen) atoms. The van der Waals surface area contributed by atoms with Gasteiger partial charge >= 0.3 is 5.69 Å². The normalized spacial score (nSPS) is 9.62. The minimum Gasteiger partial charge on any atom is -0.448 e. The summed E-state index contributed by atoms with van der Waals surface area (Å²) in [5.41, 5.74) is -1.24. The fourth-order valence-electron chi connectivity index (χ4n) is 1.78. The predicted molar refractivity (Wildman–Crippen MR) is 80.7 cm³/mol. The molecule has 0 unspecified atom stereocenters. The fraction of sp³-hybridized carbons (Fsp3) is 0. The molecule has 2 aromatic rings. The molecule has 0 radical (unpaired) electrons. The molecule has 0 heterocycles. The van der Waals surface area contributed by atoms with E-state index in [9.17, 15) is 20.2 Å². The van der Waals surface area contributed by atoms with Gasteiger partial charge in [0.2, 0.25) is 5.75 Å². The number of non-ortho nitro benzene ring substituents is 1. The molecule has 0 aliphatic heterocycles. The number of nitriles is 2. The lowest BCUT2D eigenvalue weighted by atomic mass is 10.1. The Kier molecular flexibility index (Phi) is 4.59. The number of benzene rings is 2. The number of halogens is 1. The van der Waals surface area contributed by atoms with Crippen molar-refractivity contribution < 1.29 is 14.6 Å². The van der Waals surface area contributed by atoms with Crippen molar-refractivity contribution in [3.05, 3.63) is 66.7 Å². The van der Waals surface area contributed by atoms with Crippen LogP contribution in [0.5, 0.6) is 11.5 Å². The molecule has 0 aliphatic carbocycles. The molecule has 0 saturated heterocycles. The van der Waals surface area contributed by atoms with E-state index in [1.165, 1.54) is 6.07 Å². The zero-order valence-electron chi connectivity index (χ0n) is 11.6. The van der Waals surface area contributed by atoms with Crippen LogP contribution in [-0.2, 0) is 0 Å². The molecule has 0 spiro atoms. The van der Waals surface area contributed by atoms with Crippen LogP contribution in [-0.4, -0.2) is 9.85 Å². The van der Waals surface area contributed by atoms with Crippen LogP contribution in [0.25, 0.3) is 0 Å². The van der Waals surface area contributed by atoms with Crippen molar-refractivity contribution in [2.24, 2.45) is 0 Å². The zero-order chi connectivity index (χ0) is 17.9. The second kappa shape index (κ2) is 6.60. The average Bonchev–Trinajstić information content (AvgIpc) is 2.55. The number of nitrogens with zero attached hydrogens (tertiary/aromatic N) is 4. The van der Waals surface area contributed by atoms with Gasteiger partial charge in [-0.25, -0.2) is 0 Å². The Bertz CT molecular complexity index is 945. The molecule has 0 saturated carbocycles. The molecule has 0 aliphatic rings. The number of rotatable bonds is 4. The molecule has 0 atom stereocenters. The largest absolute Gasteiger partial charge is 0.448 e. The lowest BCUT2D eigenvalue weighted by Crippen LogP contribution is -1.97. The van der Waals surface area contributed by atoms with E-state index in [-0.39, 0.29) is 33.3 Å². The van der Waals surface area contributed by atoms with Gasteiger partial charge in [-0.1, -0.05) is 11.6 Å². The molecule has 2 aromatic carbocycles. The molecule has 2 rings (SSSR count). The summed E-state index contributed by atoms with van der Waals surface area (Å²) < 4.78 is 5.30. The Morgan fingerprint density at radius 1 is 0.958 bits per heavy atom. The second-order valence-electron chi connectivity index (χ2n) is 4.32. The summed E-state index contributed by atoms with van der Waals surface area (Å²) in [7, 11) is 0. The number of ether oxygens (including phenoxy) is 1. The minimum atomic E-state index is -0.803. The SMILES string of the molecule is N#Cc1cc(Oc2cc([N+](=O)[O-])ccc2Cl)c([N+](=O)[O-])cc1C#N. The van der Waals surface area contributed by atoms with E-state index in [0.717, 1.165) is 24.3 Å². The van der Waals surface area contributed by atoms with Crippen LogP contribution in [0.2, 0.25) is 5.02 Å². The molecule has 0 N–H and O–H groups in total. The zero-order valence-corrected chi connectivity index (χ0v) is 12.4. The van der Waals surface area contributed by atoms with E-state index in [1.54, 1.807) is 12.1 Å². The van der Waals surface area contributed by atoms with Crippen molar-refractivity contribution in [3.8, 4) is 23.6 Å². The molecule has 0 amide bonds. The third-order valence-corrected chi connectivity index (χ3v) is 3.19. The van der Waals surface area contributed by atoms with Gasteiger partial charge in [-0.05, 0) is 6.07 Å². The summed E-state index contributed by atoms with van der Waals surface area (Å²) in [5.74, 6) is -0.555. The van der Waals surface area contributed by atoms with Gasteiger partial charge in [-0.2, -0.15) is 10.5 Å². The van der Waals surface area contributed by atoms with Crippen molar-refractivity contribution in [3.63, 3.8) is 0 Å². The van der Waals surface area contributed by atoms with E-state index in [4.69, 9.17) is 26.9 Å². The molecule has 9 nitrogen and oxygen atoms in total. The highest BCUT2D eigenvalue weighted by Gasteiger charge is 2.22. The number of nitro groups is 2. The van der Waals surface area contributed by atoms with Crippen LogP contribution < -0.4 is 4.74 Å². The standard InChI is InChI=1S/C14H5ClN4O5/c15-11-2-1-10(18(20)21)5-13(11)24-14-4-9(7-17)8(6-16)3-12(14)19(22)23/h1-5H. The van der Waals surface area contributed by atoms with Crippen molar-refractivity contribution in [1.29, 1.82) is 10.5 Å². The third-order valence-electron chi connectivity index (χ3n) is 2.88. The molecular formula is C14H5ClN4O5. The minimum absolute atomic E-state index is 0.0160. The first kappa shape index (κ1) is 16.7. The number of hydrogen-bond donors (Lipinski definition) is 0. The van der Waals surface area contributed by atoms with E-state index in [2.05, 4.69) is 0 Å². The lowest BCUT2D eigenvalue weighted by molar-refractivity contribution is -0.386. The van der Waals surface area contributed by atoms with Crippen LogP contribution in [0, 0.1) is 42.9 Å². The Hall–Kier alpha value is -3.69. The van der Waals surface area contributed by atoms with Crippen molar-refractivity contribution in [2.75, 3.05) is 0 Å². The fourth-order valence-corrected chi connectivity index (χ4v) is 1.94. The van der Waals surface area contributed by atoms with Crippen molar-refractivity contribution in [1.82, 2.24) is 0 Å². The Labute approximate surface area is 139 Å². The van der Waals surface area contributed by atoms with Gasteiger partial charge in [-0.15, -0.1) is 0 Å². The lowest BCUT2D eigenvalue weighted by Gasteiger charge is -2.09. The first-order valence-corrected chi connectivity index (χ1v) is 6.49. The second-order valence-corrected chi connectivity index (χ2v) is 4.73. The number of hydrogen-bond acceptors (Lipinski definition) is 7. The summed E-state index contributed by atoms with van der Waals surface area (Å²) in [6.07, 6.45) is 0. The van der Waals surface area contributed by atoms with Crippen LogP contribution in [0.4, 0.5) is 11.4 Å². The molecule has 0 fully saturated rings. The number of nitro benzene ring substituents is 2.